The number of rotatable bonds is 1. The fourth-order valence-electron chi connectivity index (χ4n) is 0.959. The summed E-state index contributed by atoms with van der Waals surface area (Å²) in [7, 11) is 0. The van der Waals surface area contributed by atoms with Crippen molar-refractivity contribution in [1.29, 1.82) is 0 Å². The van der Waals surface area contributed by atoms with Crippen molar-refractivity contribution in [3.05, 3.63) is 23.5 Å². The summed E-state index contributed by atoms with van der Waals surface area (Å²) in [5.41, 5.74) is 5.52. The molecule has 12 heavy (non-hydrogen) atoms. The van der Waals surface area contributed by atoms with Crippen LogP contribution in [-0.2, 0) is 0 Å². The van der Waals surface area contributed by atoms with Crippen LogP contribution in [0.5, 0.6) is 0 Å². The van der Waals surface area contributed by atoms with E-state index in [1.165, 1.54) is 6.20 Å². The van der Waals surface area contributed by atoms with Crippen molar-refractivity contribution in [2.24, 2.45) is 5.73 Å². The molecule has 2 nitrogen and oxygen atoms in total. The lowest BCUT2D eigenvalue weighted by Crippen LogP contribution is -2.29. The summed E-state index contributed by atoms with van der Waals surface area (Å²) in [6, 6.07) is -0.353. The Morgan fingerprint density at radius 3 is 2.42 bits per heavy atom. The first-order valence-electron chi connectivity index (χ1n) is 3.39. The molecule has 0 radical (unpaired) electrons. The van der Waals surface area contributed by atoms with Gasteiger partial charge in [0.25, 0.3) is 0 Å². The average molecular weight is 178 g/mol. The van der Waals surface area contributed by atoms with Crippen molar-refractivity contribution in [3.63, 3.8) is 0 Å². The zero-order valence-corrected chi connectivity index (χ0v) is 6.44. The number of nitrogens with one attached hydrogen (secondary N) is 1. The highest BCUT2D eigenvalue weighted by atomic mass is 19.4. The molecule has 0 unspecified atom stereocenters. The summed E-state index contributed by atoms with van der Waals surface area (Å²) in [4.78, 5) is 2.47. The standard InChI is InChI=1S/C7H9F3N2/c1-4-2-3-12-5(4)6(11)7(8,9)10/h2-3,6,12H,11H2,1H3/t6-/m0/s1. The van der Waals surface area contributed by atoms with Gasteiger partial charge in [-0.2, -0.15) is 13.2 Å². The number of aromatic nitrogens is 1. The van der Waals surface area contributed by atoms with Gasteiger partial charge in [-0.3, -0.25) is 0 Å². The number of aryl methyl sites for hydroxylation is 1. The van der Waals surface area contributed by atoms with Gasteiger partial charge in [0.15, 0.2) is 0 Å². The van der Waals surface area contributed by atoms with Gasteiger partial charge in [0.05, 0.1) is 0 Å². The van der Waals surface area contributed by atoms with Crippen LogP contribution < -0.4 is 5.73 Å². The van der Waals surface area contributed by atoms with E-state index in [-0.39, 0.29) is 5.69 Å². The highest BCUT2D eigenvalue weighted by molar-refractivity contribution is 5.22. The Kier molecular flexibility index (Phi) is 2.14. The third-order valence-corrected chi connectivity index (χ3v) is 1.66. The number of hydrogen-bond donors (Lipinski definition) is 2. The lowest BCUT2D eigenvalue weighted by Gasteiger charge is -2.14. The Morgan fingerprint density at radius 1 is 1.50 bits per heavy atom. The van der Waals surface area contributed by atoms with E-state index >= 15 is 0 Å². The zero-order valence-electron chi connectivity index (χ0n) is 6.44. The molecule has 5 heteroatoms. The van der Waals surface area contributed by atoms with Crippen molar-refractivity contribution in [3.8, 4) is 0 Å². The molecule has 1 aromatic heterocycles. The van der Waals surface area contributed by atoms with Crippen molar-refractivity contribution in [2.75, 3.05) is 0 Å². The van der Waals surface area contributed by atoms with E-state index in [4.69, 9.17) is 5.73 Å². The third-order valence-electron chi connectivity index (χ3n) is 1.66. The van der Waals surface area contributed by atoms with Gasteiger partial charge in [0.1, 0.15) is 6.04 Å². The summed E-state index contributed by atoms with van der Waals surface area (Å²) < 4.78 is 36.1. The number of aromatic amines is 1. The average Bonchev–Trinajstić information content (AvgIpc) is 2.31. The summed E-state index contributed by atoms with van der Waals surface area (Å²) in [6.45, 7) is 1.58. The van der Waals surface area contributed by atoms with E-state index in [9.17, 15) is 13.2 Å². The van der Waals surface area contributed by atoms with E-state index in [2.05, 4.69) is 4.98 Å². The topological polar surface area (TPSA) is 41.8 Å². The van der Waals surface area contributed by atoms with Gasteiger partial charge in [0, 0.05) is 11.9 Å². The zero-order chi connectivity index (χ0) is 9.35. The fraction of sp³-hybridized carbons (Fsp3) is 0.429. The van der Waals surface area contributed by atoms with Crippen LogP contribution in [0.2, 0.25) is 0 Å². The molecule has 0 fully saturated rings. The lowest BCUT2D eigenvalue weighted by atomic mass is 10.1. The third kappa shape index (κ3) is 1.61. The Bertz CT molecular complexity index is 264. The Balaban J connectivity index is 2.92. The molecule has 68 valence electrons. The molecule has 0 bridgehead atoms. The van der Waals surface area contributed by atoms with Gasteiger partial charge in [-0.05, 0) is 18.6 Å². The molecule has 0 spiro atoms. The Hall–Kier alpha value is -0.970. The predicted octanol–water partition coefficient (Wildman–Crippen LogP) is 1.89. The molecule has 1 rings (SSSR count). The number of halogens is 3. The predicted molar refractivity (Wildman–Crippen MR) is 38.5 cm³/mol. The summed E-state index contributed by atoms with van der Waals surface area (Å²) >= 11 is 0. The number of hydrogen-bond acceptors (Lipinski definition) is 1. The highest BCUT2D eigenvalue weighted by Crippen LogP contribution is 2.30. The highest BCUT2D eigenvalue weighted by Gasteiger charge is 2.39. The smallest absolute Gasteiger partial charge is 0.363 e. The lowest BCUT2D eigenvalue weighted by molar-refractivity contribution is -0.150. The Labute approximate surface area is 67.6 Å². The van der Waals surface area contributed by atoms with E-state index in [0.717, 1.165) is 0 Å². The molecule has 1 atom stereocenters. The van der Waals surface area contributed by atoms with Crippen molar-refractivity contribution in [1.82, 2.24) is 4.98 Å². The minimum Gasteiger partial charge on any atom is -0.363 e. The second-order valence-corrected chi connectivity index (χ2v) is 2.59. The first-order valence-corrected chi connectivity index (χ1v) is 3.39. The van der Waals surface area contributed by atoms with Gasteiger partial charge in [-0.25, -0.2) is 0 Å². The van der Waals surface area contributed by atoms with Crippen LogP contribution in [-0.4, -0.2) is 11.2 Å². The number of nitrogens with two attached hydrogens (primary N) is 1. The molecule has 0 aromatic carbocycles. The second-order valence-electron chi connectivity index (χ2n) is 2.59. The first kappa shape index (κ1) is 9.12. The normalized spacial score (nSPS) is 14.8. The molecule has 0 amide bonds. The molecule has 1 aromatic rings. The van der Waals surface area contributed by atoms with E-state index in [0.29, 0.717) is 5.56 Å². The van der Waals surface area contributed by atoms with Crippen LogP contribution in [0.15, 0.2) is 12.3 Å². The maximum Gasteiger partial charge on any atom is 0.409 e. The summed E-state index contributed by atoms with van der Waals surface area (Å²) in [5, 5.41) is 0. The minimum absolute atomic E-state index is 0.0301. The van der Waals surface area contributed by atoms with Gasteiger partial charge < -0.3 is 10.7 Å². The van der Waals surface area contributed by atoms with Crippen molar-refractivity contribution in [2.45, 2.75) is 19.1 Å². The Morgan fingerprint density at radius 2 is 2.08 bits per heavy atom. The monoisotopic (exact) mass is 178 g/mol. The molecule has 0 saturated carbocycles. The van der Waals surface area contributed by atoms with E-state index in [1.54, 1.807) is 13.0 Å². The van der Waals surface area contributed by atoms with Gasteiger partial charge >= 0.3 is 6.18 Å². The van der Waals surface area contributed by atoms with Crippen LogP contribution in [0, 0.1) is 6.92 Å². The van der Waals surface area contributed by atoms with Gasteiger partial charge in [-0.1, -0.05) is 0 Å². The van der Waals surface area contributed by atoms with Crippen LogP contribution in [0.1, 0.15) is 17.3 Å². The fourth-order valence-corrected chi connectivity index (χ4v) is 0.959. The van der Waals surface area contributed by atoms with E-state index in [1.807, 2.05) is 0 Å². The van der Waals surface area contributed by atoms with E-state index < -0.39 is 12.2 Å². The second kappa shape index (κ2) is 2.82. The van der Waals surface area contributed by atoms with Gasteiger partial charge in [-0.15, -0.1) is 0 Å². The van der Waals surface area contributed by atoms with Crippen molar-refractivity contribution >= 4 is 0 Å². The molecular weight excluding hydrogens is 169 g/mol. The van der Waals surface area contributed by atoms with Crippen LogP contribution in [0.4, 0.5) is 13.2 Å². The SMILES string of the molecule is Cc1cc[nH]c1[C@H](N)C(F)(F)F. The quantitative estimate of drug-likeness (QED) is 0.677. The molecule has 0 aliphatic carbocycles. The van der Waals surface area contributed by atoms with Crippen molar-refractivity contribution < 1.29 is 13.2 Å². The molecule has 3 N–H and O–H groups in total. The first-order chi connectivity index (χ1) is 5.43. The molecule has 1 heterocycles. The molecule has 0 saturated heterocycles. The van der Waals surface area contributed by atoms with Crippen LogP contribution in [0.3, 0.4) is 0 Å². The summed E-state index contributed by atoms with van der Waals surface area (Å²) in [5.74, 6) is 0. The van der Waals surface area contributed by atoms with Crippen LogP contribution in [0.25, 0.3) is 0 Å². The molecular formula is C7H9F3N2. The number of alkyl halides is 3. The number of H-pyrrole nitrogens is 1. The van der Waals surface area contributed by atoms with Crippen LogP contribution >= 0.6 is 0 Å². The molecule has 0 aliphatic heterocycles. The maximum atomic E-state index is 12.0. The maximum absolute atomic E-state index is 12.0. The molecule has 0 aliphatic rings. The minimum atomic E-state index is -4.38. The van der Waals surface area contributed by atoms with Gasteiger partial charge in [0.2, 0.25) is 0 Å². The largest absolute Gasteiger partial charge is 0.409 e. The summed E-state index contributed by atoms with van der Waals surface area (Å²) in [6.07, 6.45) is -2.94.